The molecule has 0 bridgehead atoms. The molecule has 1 aliphatic carbocycles. The lowest BCUT2D eigenvalue weighted by atomic mass is 9.96. The van der Waals surface area contributed by atoms with Gasteiger partial charge in [-0.3, -0.25) is 0 Å². The molecule has 0 heterocycles. The summed E-state index contributed by atoms with van der Waals surface area (Å²) in [6.07, 6.45) is 5.30. The van der Waals surface area contributed by atoms with Crippen molar-refractivity contribution in [2.75, 3.05) is 7.05 Å². The fourth-order valence-electron chi connectivity index (χ4n) is 2.60. The number of hydrogen-bond acceptors (Lipinski definition) is 3. The summed E-state index contributed by atoms with van der Waals surface area (Å²) in [4.78, 5) is 0.570. The highest BCUT2D eigenvalue weighted by molar-refractivity contribution is 7.89. The van der Waals surface area contributed by atoms with E-state index in [4.69, 9.17) is 18.0 Å². The Morgan fingerprint density at radius 3 is 2.25 bits per heavy atom. The Balaban J connectivity index is 2.22. The van der Waals surface area contributed by atoms with E-state index >= 15 is 0 Å². The Morgan fingerprint density at radius 2 is 1.75 bits per heavy atom. The van der Waals surface area contributed by atoms with Crippen LogP contribution in [0.15, 0.2) is 29.2 Å². The lowest BCUT2D eigenvalue weighted by Gasteiger charge is -2.30. The third kappa shape index (κ3) is 3.19. The van der Waals surface area contributed by atoms with E-state index in [0.29, 0.717) is 10.5 Å². The molecule has 0 radical (unpaired) electrons. The van der Waals surface area contributed by atoms with Gasteiger partial charge in [-0.05, 0) is 25.0 Å². The Kier molecular flexibility index (Phi) is 4.78. The SMILES string of the molecule is CN(C1CCCCC1)S(=O)(=O)c1ccc(C(N)=S)cc1. The van der Waals surface area contributed by atoms with Crippen molar-refractivity contribution in [3.8, 4) is 0 Å². The van der Waals surface area contributed by atoms with Crippen LogP contribution in [0.25, 0.3) is 0 Å². The van der Waals surface area contributed by atoms with Gasteiger partial charge in [-0.2, -0.15) is 4.31 Å². The van der Waals surface area contributed by atoms with Gasteiger partial charge in [0.05, 0.1) is 4.90 Å². The van der Waals surface area contributed by atoms with Gasteiger partial charge < -0.3 is 5.73 Å². The second-order valence-electron chi connectivity index (χ2n) is 5.20. The molecule has 2 N–H and O–H groups in total. The molecule has 0 unspecified atom stereocenters. The van der Waals surface area contributed by atoms with Crippen LogP contribution in [0.2, 0.25) is 0 Å². The van der Waals surface area contributed by atoms with Crippen molar-refractivity contribution in [3.05, 3.63) is 29.8 Å². The topological polar surface area (TPSA) is 63.4 Å². The van der Waals surface area contributed by atoms with Gasteiger partial charge in [-0.1, -0.05) is 43.6 Å². The molecule has 0 aromatic heterocycles. The molecule has 0 saturated heterocycles. The second kappa shape index (κ2) is 6.20. The second-order valence-corrected chi connectivity index (χ2v) is 7.64. The van der Waals surface area contributed by atoms with E-state index in [1.54, 1.807) is 31.3 Å². The first kappa shape index (κ1) is 15.4. The lowest BCUT2D eigenvalue weighted by Crippen LogP contribution is -2.38. The summed E-state index contributed by atoms with van der Waals surface area (Å²) in [5, 5.41) is 0. The van der Waals surface area contributed by atoms with E-state index < -0.39 is 10.0 Å². The molecular weight excluding hydrogens is 292 g/mol. The minimum Gasteiger partial charge on any atom is -0.389 e. The summed E-state index contributed by atoms with van der Waals surface area (Å²) in [7, 11) is -1.76. The fourth-order valence-corrected chi connectivity index (χ4v) is 4.15. The van der Waals surface area contributed by atoms with Crippen molar-refractivity contribution in [1.29, 1.82) is 0 Å². The van der Waals surface area contributed by atoms with Crippen molar-refractivity contribution < 1.29 is 8.42 Å². The number of sulfonamides is 1. The van der Waals surface area contributed by atoms with Gasteiger partial charge in [-0.15, -0.1) is 0 Å². The monoisotopic (exact) mass is 312 g/mol. The average molecular weight is 312 g/mol. The number of benzene rings is 1. The van der Waals surface area contributed by atoms with Crippen molar-refractivity contribution in [2.45, 2.75) is 43.0 Å². The van der Waals surface area contributed by atoms with Gasteiger partial charge >= 0.3 is 0 Å². The van der Waals surface area contributed by atoms with Gasteiger partial charge in [0.2, 0.25) is 10.0 Å². The molecule has 0 aliphatic heterocycles. The molecule has 4 nitrogen and oxygen atoms in total. The minimum atomic E-state index is -3.43. The first-order valence-electron chi connectivity index (χ1n) is 6.81. The Hall–Kier alpha value is -0.980. The maximum atomic E-state index is 12.6. The molecule has 1 aliphatic rings. The molecule has 1 saturated carbocycles. The molecule has 0 atom stereocenters. The Morgan fingerprint density at radius 1 is 1.20 bits per heavy atom. The third-order valence-corrected chi connectivity index (χ3v) is 6.06. The van der Waals surface area contributed by atoms with Gasteiger partial charge in [0, 0.05) is 18.7 Å². The van der Waals surface area contributed by atoms with Crippen molar-refractivity contribution >= 4 is 27.2 Å². The standard InChI is InChI=1S/C14H20N2O2S2/c1-16(12-5-3-2-4-6-12)20(17,18)13-9-7-11(8-10-13)14(15)19/h7-10,12H,2-6H2,1H3,(H2,15,19). The number of rotatable bonds is 4. The number of nitrogens with two attached hydrogens (primary N) is 1. The van der Waals surface area contributed by atoms with E-state index in [0.717, 1.165) is 25.7 Å². The molecule has 1 aromatic rings. The number of thiocarbonyl (C=S) groups is 1. The van der Waals surface area contributed by atoms with E-state index in [-0.39, 0.29) is 11.0 Å². The van der Waals surface area contributed by atoms with Crippen LogP contribution in [0.1, 0.15) is 37.7 Å². The Bertz CT molecular complexity index is 576. The molecule has 0 spiro atoms. The summed E-state index contributed by atoms with van der Waals surface area (Å²) < 4.78 is 26.7. The zero-order valence-electron chi connectivity index (χ0n) is 11.6. The summed E-state index contributed by atoms with van der Waals surface area (Å²) in [5.41, 5.74) is 6.20. The van der Waals surface area contributed by atoms with Crippen LogP contribution in [-0.4, -0.2) is 30.8 Å². The highest BCUT2D eigenvalue weighted by Gasteiger charge is 2.28. The smallest absolute Gasteiger partial charge is 0.243 e. The van der Waals surface area contributed by atoms with Crippen molar-refractivity contribution in [2.24, 2.45) is 5.73 Å². The highest BCUT2D eigenvalue weighted by Crippen LogP contribution is 2.26. The maximum absolute atomic E-state index is 12.6. The van der Waals surface area contributed by atoms with Gasteiger partial charge in [-0.25, -0.2) is 8.42 Å². The molecule has 1 aromatic carbocycles. The predicted molar refractivity (Wildman–Crippen MR) is 84.2 cm³/mol. The van der Waals surface area contributed by atoms with Gasteiger partial charge in [0.1, 0.15) is 4.99 Å². The fraction of sp³-hybridized carbons (Fsp3) is 0.500. The molecule has 20 heavy (non-hydrogen) atoms. The normalized spacial score (nSPS) is 17.3. The van der Waals surface area contributed by atoms with Crippen LogP contribution in [0, 0.1) is 0 Å². The van der Waals surface area contributed by atoms with Crippen molar-refractivity contribution in [3.63, 3.8) is 0 Å². The van der Waals surface area contributed by atoms with Crippen LogP contribution in [0.5, 0.6) is 0 Å². The average Bonchev–Trinajstić information content (AvgIpc) is 2.47. The molecule has 1 fully saturated rings. The summed E-state index contributed by atoms with van der Waals surface area (Å²) in [6.45, 7) is 0. The molecule has 6 heteroatoms. The van der Waals surface area contributed by atoms with Crippen LogP contribution in [0.4, 0.5) is 0 Å². The number of hydrogen-bond donors (Lipinski definition) is 1. The van der Waals surface area contributed by atoms with Crippen LogP contribution < -0.4 is 5.73 Å². The zero-order valence-corrected chi connectivity index (χ0v) is 13.2. The van der Waals surface area contributed by atoms with Crippen LogP contribution in [-0.2, 0) is 10.0 Å². The largest absolute Gasteiger partial charge is 0.389 e. The predicted octanol–water partition coefficient (Wildman–Crippen LogP) is 2.27. The number of nitrogens with zero attached hydrogens (tertiary/aromatic N) is 1. The maximum Gasteiger partial charge on any atom is 0.243 e. The first-order valence-corrected chi connectivity index (χ1v) is 8.65. The van der Waals surface area contributed by atoms with E-state index in [1.165, 1.54) is 10.7 Å². The van der Waals surface area contributed by atoms with Gasteiger partial charge in [0.15, 0.2) is 0 Å². The lowest BCUT2D eigenvalue weighted by molar-refractivity contribution is 0.286. The minimum absolute atomic E-state index is 0.115. The third-order valence-electron chi connectivity index (χ3n) is 3.90. The van der Waals surface area contributed by atoms with Gasteiger partial charge in [0.25, 0.3) is 0 Å². The van der Waals surface area contributed by atoms with Crippen LogP contribution in [0.3, 0.4) is 0 Å². The first-order chi connectivity index (χ1) is 9.43. The van der Waals surface area contributed by atoms with E-state index in [1.807, 2.05) is 0 Å². The zero-order chi connectivity index (χ0) is 14.8. The molecule has 2 rings (SSSR count). The van der Waals surface area contributed by atoms with Crippen molar-refractivity contribution in [1.82, 2.24) is 4.31 Å². The molecule has 0 amide bonds. The van der Waals surface area contributed by atoms with E-state index in [2.05, 4.69) is 0 Å². The van der Waals surface area contributed by atoms with Crippen LogP contribution >= 0.6 is 12.2 Å². The summed E-state index contributed by atoms with van der Waals surface area (Å²) >= 11 is 4.87. The Labute approximate surface area is 126 Å². The summed E-state index contributed by atoms with van der Waals surface area (Å²) in [6, 6.07) is 6.57. The summed E-state index contributed by atoms with van der Waals surface area (Å²) in [5.74, 6) is 0. The van der Waals surface area contributed by atoms with E-state index in [9.17, 15) is 8.42 Å². The molecule has 110 valence electrons. The molecular formula is C14H20N2O2S2. The quantitative estimate of drug-likeness (QED) is 0.866. The highest BCUT2D eigenvalue weighted by atomic mass is 32.2.